The Bertz CT molecular complexity index is 531. The molecule has 1 fully saturated rings. The van der Waals surface area contributed by atoms with Crippen LogP contribution in [0.5, 0.6) is 0 Å². The lowest BCUT2D eigenvalue weighted by Crippen LogP contribution is -2.33. The van der Waals surface area contributed by atoms with Gasteiger partial charge in [-0.15, -0.1) is 0 Å². The van der Waals surface area contributed by atoms with Crippen molar-refractivity contribution in [3.8, 4) is 0 Å². The van der Waals surface area contributed by atoms with Gasteiger partial charge in [-0.25, -0.2) is 13.1 Å². The van der Waals surface area contributed by atoms with Crippen LogP contribution in [0, 0.1) is 5.92 Å². The topological polar surface area (TPSA) is 58.2 Å². The maximum absolute atomic E-state index is 11.8. The average Bonchev–Trinajstić information content (AvgIpc) is 3.13. The fourth-order valence-electron chi connectivity index (χ4n) is 2.27. The van der Waals surface area contributed by atoms with Gasteiger partial charge in [-0.2, -0.15) is 0 Å². The number of hydrogen-bond acceptors (Lipinski definition) is 3. The van der Waals surface area contributed by atoms with Crippen molar-refractivity contribution in [1.29, 1.82) is 0 Å². The third-order valence-electron chi connectivity index (χ3n) is 3.56. The summed E-state index contributed by atoms with van der Waals surface area (Å²) in [6, 6.07) is 6.94. The Balaban J connectivity index is 2.10. The van der Waals surface area contributed by atoms with Gasteiger partial charge in [-0.05, 0) is 56.9 Å². The van der Waals surface area contributed by atoms with Gasteiger partial charge >= 0.3 is 0 Å². The van der Waals surface area contributed by atoms with Crippen LogP contribution in [0.2, 0.25) is 0 Å². The quantitative estimate of drug-likeness (QED) is 0.843. The molecule has 4 nitrogen and oxygen atoms in total. The van der Waals surface area contributed by atoms with Gasteiger partial charge in [-0.1, -0.05) is 6.92 Å². The molecule has 2 rings (SSSR count). The van der Waals surface area contributed by atoms with Crippen LogP contribution in [-0.4, -0.2) is 20.5 Å². The molecule has 0 radical (unpaired) electrons. The lowest BCUT2D eigenvalue weighted by atomic mass is 9.98. The zero-order chi connectivity index (χ0) is 14.1. The number of anilines is 1. The van der Waals surface area contributed by atoms with Crippen LogP contribution in [0.15, 0.2) is 29.2 Å². The Morgan fingerprint density at radius 2 is 1.79 bits per heavy atom. The third kappa shape index (κ3) is 3.48. The highest BCUT2D eigenvalue weighted by atomic mass is 32.2. The van der Waals surface area contributed by atoms with Crippen LogP contribution < -0.4 is 10.0 Å². The molecule has 19 heavy (non-hydrogen) atoms. The monoisotopic (exact) mass is 282 g/mol. The van der Waals surface area contributed by atoms with E-state index in [1.54, 1.807) is 19.1 Å². The zero-order valence-corrected chi connectivity index (χ0v) is 12.5. The van der Waals surface area contributed by atoms with Gasteiger partial charge in [-0.3, -0.25) is 0 Å². The SMILES string of the molecule is CCNS(=O)(=O)c1ccc(NC(C)(C)C2CC2)cc1. The van der Waals surface area contributed by atoms with Crippen molar-refractivity contribution >= 4 is 15.7 Å². The summed E-state index contributed by atoms with van der Waals surface area (Å²) < 4.78 is 26.1. The lowest BCUT2D eigenvalue weighted by Gasteiger charge is -2.27. The fourth-order valence-corrected chi connectivity index (χ4v) is 3.31. The molecule has 5 heteroatoms. The van der Waals surface area contributed by atoms with Gasteiger partial charge in [0.15, 0.2) is 0 Å². The Hall–Kier alpha value is -1.07. The van der Waals surface area contributed by atoms with Gasteiger partial charge in [0.1, 0.15) is 0 Å². The van der Waals surface area contributed by atoms with E-state index in [0.29, 0.717) is 11.4 Å². The van der Waals surface area contributed by atoms with Crippen molar-refractivity contribution in [2.75, 3.05) is 11.9 Å². The van der Waals surface area contributed by atoms with Crippen molar-refractivity contribution in [2.45, 2.75) is 44.0 Å². The molecule has 0 bridgehead atoms. The smallest absolute Gasteiger partial charge is 0.240 e. The summed E-state index contributed by atoms with van der Waals surface area (Å²) in [5, 5.41) is 3.48. The van der Waals surface area contributed by atoms with Crippen molar-refractivity contribution in [3.05, 3.63) is 24.3 Å². The Morgan fingerprint density at radius 1 is 1.21 bits per heavy atom. The van der Waals surface area contributed by atoms with E-state index < -0.39 is 10.0 Å². The Kier molecular flexibility index (Phi) is 3.87. The zero-order valence-electron chi connectivity index (χ0n) is 11.7. The van der Waals surface area contributed by atoms with E-state index in [4.69, 9.17) is 0 Å². The van der Waals surface area contributed by atoms with E-state index in [-0.39, 0.29) is 5.54 Å². The molecule has 0 heterocycles. The first-order valence-electron chi connectivity index (χ1n) is 6.73. The molecule has 1 saturated carbocycles. The first-order chi connectivity index (χ1) is 8.85. The minimum Gasteiger partial charge on any atom is -0.380 e. The summed E-state index contributed by atoms with van der Waals surface area (Å²) in [6.07, 6.45) is 2.54. The summed E-state index contributed by atoms with van der Waals surface area (Å²) in [7, 11) is -3.35. The summed E-state index contributed by atoms with van der Waals surface area (Å²) in [4.78, 5) is 0.309. The summed E-state index contributed by atoms with van der Waals surface area (Å²) in [5.41, 5.74) is 1.04. The van der Waals surface area contributed by atoms with Gasteiger partial charge in [0, 0.05) is 17.8 Å². The molecule has 0 aromatic heterocycles. The summed E-state index contributed by atoms with van der Waals surface area (Å²) >= 11 is 0. The number of benzene rings is 1. The van der Waals surface area contributed by atoms with E-state index in [2.05, 4.69) is 23.9 Å². The normalized spacial score (nSPS) is 16.4. The molecular formula is C14H22N2O2S. The highest BCUT2D eigenvalue weighted by Crippen LogP contribution is 2.41. The van der Waals surface area contributed by atoms with Crippen molar-refractivity contribution in [2.24, 2.45) is 5.92 Å². The molecule has 0 saturated heterocycles. The van der Waals surface area contributed by atoms with Gasteiger partial charge in [0.25, 0.3) is 0 Å². The first-order valence-corrected chi connectivity index (χ1v) is 8.21. The van der Waals surface area contributed by atoms with Crippen LogP contribution in [0.25, 0.3) is 0 Å². The van der Waals surface area contributed by atoms with Gasteiger partial charge in [0.2, 0.25) is 10.0 Å². The summed E-state index contributed by atoms with van der Waals surface area (Å²) in [5.74, 6) is 0.720. The maximum Gasteiger partial charge on any atom is 0.240 e. The van der Waals surface area contributed by atoms with Crippen molar-refractivity contribution in [1.82, 2.24) is 4.72 Å². The van der Waals surface area contributed by atoms with E-state index in [1.165, 1.54) is 12.8 Å². The largest absolute Gasteiger partial charge is 0.380 e. The number of sulfonamides is 1. The van der Waals surface area contributed by atoms with Crippen LogP contribution in [0.3, 0.4) is 0 Å². The van der Waals surface area contributed by atoms with Crippen molar-refractivity contribution in [3.63, 3.8) is 0 Å². The molecule has 0 unspecified atom stereocenters. The van der Waals surface area contributed by atoms with E-state index in [1.807, 2.05) is 12.1 Å². The van der Waals surface area contributed by atoms with E-state index >= 15 is 0 Å². The fraction of sp³-hybridized carbons (Fsp3) is 0.571. The average molecular weight is 282 g/mol. The molecule has 1 aromatic carbocycles. The molecule has 0 aliphatic heterocycles. The predicted octanol–water partition coefficient (Wildman–Crippen LogP) is 2.59. The standard InChI is InChI=1S/C14H22N2O2S/c1-4-15-19(17,18)13-9-7-12(8-10-13)16-14(2,3)11-5-6-11/h7-11,15-16H,4-6H2,1-3H3. The highest BCUT2D eigenvalue weighted by Gasteiger charge is 2.37. The van der Waals surface area contributed by atoms with Gasteiger partial charge < -0.3 is 5.32 Å². The molecule has 2 N–H and O–H groups in total. The van der Waals surface area contributed by atoms with Crippen molar-refractivity contribution < 1.29 is 8.42 Å². The van der Waals surface area contributed by atoms with Crippen LogP contribution in [0.4, 0.5) is 5.69 Å². The van der Waals surface area contributed by atoms with E-state index in [9.17, 15) is 8.42 Å². The van der Waals surface area contributed by atoms with Crippen LogP contribution >= 0.6 is 0 Å². The molecule has 0 spiro atoms. The third-order valence-corrected chi connectivity index (χ3v) is 5.12. The van der Waals surface area contributed by atoms with Crippen LogP contribution in [0.1, 0.15) is 33.6 Å². The summed E-state index contributed by atoms with van der Waals surface area (Å²) in [6.45, 7) is 6.55. The molecule has 106 valence electrons. The minimum absolute atomic E-state index is 0.0715. The molecular weight excluding hydrogens is 260 g/mol. The van der Waals surface area contributed by atoms with E-state index in [0.717, 1.165) is 11.6 Å². The molecule has 1 aromatic rings. The predicted molar refractivity (Wildman–Crippen MR) is 77.7 cm³/mol. The van der Waals surface area contributed by atoms with Gasteiger partial charge in [0.05, 0.1) is 4.90 Å². The van der Waals surface area contributed by atoms with Crippen LogP contribution in [-0.2, 0) is 10.0 Å². The Labute approximate surface area is 115 Å². The number of rotatable bonds is 6. The first kappa shape index (κ1) is 14.3. The second-order valence-electron chi connectivity index (χ2n) is 5.65. The second-order valence-corrected chi connectivity index (χ2v) is 7.41. The lowest BCUT2D eigenvalue weighted by molar-refractivity contribution is 0.494. The molecule has 0 atom stereocenters. The molecule has 1 aliphatic carbocycles. The number of nitrogens with one attached hydrogen (secondary N) is 2. The maximum atomic E-state index is 11.8. The molecule has 1 aliphatic rings. The Morgan fingerprint density at radius 3 is 2.26 bits per heavy atom. The second kappa shape index (κ2) is 5.13. The molecule has 0 amide bonds. The number of hydrogen-bond donors (Lipinski definition) is 2. The minimum atomic E-state index is -3.35. The highest BCUT2D eigenvalue weighted by molar-refractivity contribution is 7.89.